The van der Waals surface area contributed by atoms with Gasteiger partial charge in [0.25, 0.3) is 5.79 Å². The molecule has 0 aromatic heterocycles. The van der Waals surface area contributed by atoms with Crippen LogP contribution in [0.25, 0.3) is 0 Å². The van der Waals surface area contributed by atoms with Crippen molar-refractivity contribution < 1.29 is 37.9 Å². The Morgan fingerprint density at radius 2 is 1.72 bits per heavy atom. The van der Waals surface area contributed by atoms with Crippen molar-refractivity contribution in [3.63, 3.8) is 0 Å². The standard InChI is InChI=1S/C9H3O8P/c10-7-2-1-3-5-6(17-18(14,15-3)16-5)4(2)8(11)9(7,12)13/h1,12-13H. The van der Waals surface area contributed by atoms with Gasteiger partial charge in [-0.25, -0.2) is 0 Å². The van der Waals surface area contributed by atoms with E-state index in [0.29, 0.717) is 0 Å². The molecule has 2 N–H and O–H groups in total. The fourth-order valence-electron chi connectivity index (χ4n) is 2.13. The van der Waals surface area contributed by atoms with E-state index in [9.17, 15) is 24.4 Å². The second-order valence-electron chi connectivity index (χ2n) is 4.01. The first kappa shape index (κ1) is 10.1. The van der Waals surface area contributed by atoms with Gasteiger partial charge in [0.2, 0.25) is 17.3 Å². The van der Waals surface area contributed by atoms with E-state index in [1.807, 2.05) is 0 Å². The number of Topliss-reactive ketones (excluding diaryl/α,β-unsaturated/α-hetero) is 2. The van der Waals surface area contributed by atoms with Gasteiger partial charge in [-0.05, 0) is 6.07 Å². The molecule has 2 heterocycles. The molecular formula is C9H3O8P. The maximum absolute atomic E-state index is 11.7. The lowest BCUT2D eigenvalue weighted by Gasteiger charge is -2.11. The van der Waals surface area contributed by atoms with E-state index in [-0.39, 0.29) is 28.4 Å². The Hall–Kier alpha value is -1.89. The molecule has 0 saturated carbocycles. The van der Waals surface area contributed by atoms with Crippen LogP contribution in [-0.4, -0.2) is 27.6 Å². The van der Waals surface area contributed by atoms with E-state index in [0.717, 1.165) is 6.07 Å². The summed E-state index contributed by atoms with van der Waals surface area (Å²) in [4.78, 5) is 23.4. The van der Waals surface area contributed by atoms with Crippen LogP contribution in [0, 0.1) is 0 Å². The largest absolute Gasteiger partial charge is 0.647 e. The van der Waals surface area contributed by atoms with Gasteiger partial charge in [0.05, 0.1) is 5.56 Å². The molecule has 1 aliphatic carbocycles. The number of carbonyl (C=O) groups excluding carboxylic acids is 2. The number of aliphatic hydroxyl groups is 2. The first-order valence-corrected chi connectivity index (χ1v) is 6.24. The predicted octanol–water partition coefficient (Wildman–Crippen LogP) is 0.0182. The maximum Gasteiger partial charge on any atom is 0.647 e. The number of phosphoric acid groups is 1. The Balaban J connectivity index is 2.09. The third-order valence-corrected chi connectivity index (χ3v) is 4.16. The molecule has 1 aromatic rings. The third-order valence-electron chi connectivity index (χ3n) is 2.92. The molecule has 2 aliphatic heterocycles. The topological polar surface area (TPSA) is 119 Å². The quantitative estimate of drug-likeness (QED) is 0.384. The molecule has 0 fully saturated rings. The average molecular weight is 270 g/mol. The lowest BCUT2D eigenvalue weighted by molar-refractivity contribution is -0.0857. The van der Waals surface area contributed by atoms with Crippen molar-refractivity contribution in [3.05, 3.63) is 17.2 Å². The molecule has 0 spiro atoms. The fraction of sp³-hybridized carbons (Fsp3) is 0.111. The van der Waals surface area contributed by atoms with Crippen LogP contribution in [-0.2, 0) is 4.57 Å². The first-order chi connectivity index (χ1) is 8.33. The van der Waals surface area contributed by atoms with E-state index in [1.165, 1.54) is 0 Å². The van der Waals surface area contributed by atoms with E-state index < -0.39 is 25.2 Å². The lowest BCUT2D eigenvalue weighted by atomic mass is 10.1. The number of hydrogen-bond donors (Lipinski definition) is 2. The Kier molecular flexibility index (Phi) is 1.37. The van der Waals surface area contributed by atoms with Crippen LogP contribution in [0.4, 0.5) is 0 Å². The van der Waals surface area contributed by atoms with Gasteiger partial charge in [0.15, 0.2) is 11.5 Å². The minimum Gasteiger partial charge on any atom is -0.382 e. The van der Waals surface area contributed by atoms with Crippen molar-refractivity contribution in [1.82, 2.24) is 0 Å². The molecule has 0 saturated heterocycles. The highest BCUT2D eigenvalue weighted by Gasteiger charge is 2.59. The molecule has 3 aliphatic rings. The molecule has 9 heteroatoms. The van der Waals surface area contributed by atoms with Crippen molar-refractivity contribution in [2.75, 3.05) is 0 Å². The number of benzene rings is 1. The summed E-state index contributed by atoms with van der Waals surface area (Å²) in [6, 6.07) is 1.09. The predicted molar refractivity (Wildman–Crippen MR) is 51.8 cm³/mol. The highest BCUT2D eigenvalue weighted by Crippen LogP contribution is 2.70. The summed E-state index contributed by atoms with van der Waals surface area (Å²) >= 11 is 0. The maximum atomic E-state index is 11.7. The van der Waals surface area contributed by atoms with E-state index >= 15 is 0 Å². The molecule has 0 amide bonds. The summed E-state index contributed by atoms with van der Waals surface area (Å²) in [6.45, 7) is 0. The van der Waals surface area contributed by atoms with E-state index in [1.54, 1.807) is 0 Å². The van der Waals surface area contributed by atoms with Gasteiger partial charge >= 0.3 is 7.82 Å². The Morgan fingerprint density at radius 1 is 1.06 bits per heavy atom. The Labute approximate surface area is 98.3 Å². The summed E-state index contributed by atoms with van der Waals surface area (Å²) in [7, 11) is -3.80. The summed E-state index contributed by atoms with van der Waals surface area (Å²) < 4.78 is 26.2. The van der Waals surface area contributed by atoms with Crippen LogP contribution in [0.2, 0.25) is 0 Å². The molecule has 2 bridgehead atoms. The zero-order valence-electron chi connectivity index (χ0n) is 8.37. The third kappa shape index (κ3) is 0.860. The molecule has 18 heavy (non-hydrogen) atoms. The molecule has 92 valence electrons. The minimum absolute atomic E-state index is 0.0165. The molecule has 1 aromatic carbocycles. The highest BCUT2D eigenvalue weighted by atomic mass is 31.2. The van der Waals surface area contributed by atoms with Crippen molar-refractivity contribution in [1.29, 1.82) is 0 Å². The van der Waals surface area contributed by atoms with Crippen LogP contribution >= 0.6 is 7.82 Å². The van der Waals surface area contributed by atoms with E-state index in [2.05, 4.69) is 0 Å². The summed E-state index contributed by atoms with van der Waals surface area (Å²) in [5.41, 5.74) is -0.597. The van der Waals surface area contributed by atoms with E-state index in [4.69, 9.17) is 13.6 Å². The molecule has 4 rings (SSSR count). The second-order valence-corrected chi connectivity index (χ2v) is 5.45. The van der Waals surface area contributed by atoms with Gasteiger partial charge in [-0.3, -0.25) is 9.59 Å². The second kappa shape index (κ2) is 2.44. The van der Waals surface area contributed by atoms with Gasteiger partial charge < -0.3 is 23.8 Å². The van der Waals surface area contributed by atoms with Gasteiger partial charge in [0, 0.05) is 5.56 Å². The molecular weight excluding hydrogens is 267 g/mol. The monoisotopic (exact) mass is 270 g/mol. The molecule has 1 unspecified atom stereocenters. The van der Waals surface area contributed by atoms with Crippen LogP contribution < -0.4 is 13.6 Å². The van der Waals surface area contributed by atoms with Crippen LogP contribution in [0.5, 0.6) is 17.2 Å². The number of rotatable bonds is 0. The van der Waals surface area contributed by atoms with Crippen molar-refractivity contribution in [3.8, 4) is 17.2 Å². The summed E-state index contributed by atoms with van der Waals surface area (Å²) in [5.74, 6) is -5.85. The van der Waals surface area contributed by atoms with Crippen LogP contribution in [0.1, 0.15) is 20.7 Å². The smallest absolute Gasteiger partial charge is 0.382 e. The van der Waals surface area contributed by atoms with Gasteiger partial charge in [0.1, 0.15) is 0 Å². The first-order valence-electron chi connectivity index (χ1n) is 4.78. The van der Waals surface area contributed by atoms with Gasteiger partial charge in [-0.2, -0.15) is 4.57 Å². The van der Waals surface area contributed by atoms with Crippen molar-refractivity contribution in [2.24, 2.45) is 0 Å². The number of ketones is 2. The van der Waals surface area contributed by atoms with Gasteiger partial charge in [-0.15, -0.1) is 0 Å². The van der Waals surface area contributed by atoms with Crippen molar-refractivity contribution in [2.45, 2.75) is 5.79 Å². The zero-order chi connectivity index (χ0) is 12.9. The SMILES string of the molecule is O=C1c2cc3c4c(c2C(=O)C1(O)O)OP(=O)(O3)O4. The van der Waals surface area contributed by atoms with Crippen LogP contribution in [0.3, 0.4) is 0 Å². The average Bonchev–Trinajstić information content (AvgIpc) is 2.83. The van der Waals surface area contributed by atoms with Crippen LogP contribution in [0.15, 0.2) is 6.07 Å². The Morgan fingerprint density at radius 3 is 2.39 bits per heavy atom. The van der Waals surface area contributed by atoms with Crippen molar-refractivity contribution >= 4 is 19.4 Å². The van der Waals surface area contributed by atoms with Gasteiger partial charge in [-0.1, -0.05) is 0 Å². The number of carbonyl (C=O) groups is 2. The number of fused-ring (bicyclic) bond motifs is 3. The summed E-state index contributed by atoms with van der Waals surface area (Å²) in [5, 5.41) is 18.8. The lowest BCUT2D eigenvalue weighted by Crippen LogP contribution is -2.40. The normalized spacial score (nSPS) is 28.8. The summed E-state index contributed by atoms with van der Waals surface area (Å²) in [6.07, 6.45) is 0. The highest BCUT2D eigenvalue weighted by molar-refractivity contribution is 7.50. The molecule has 8 nitrogen and oxygen atoms in total. The number of hydrogen-bond acceptors (Lipinski definition) is 8. The zero-order valence-corrected chi connectivity index (χ0v) is 9.26. The minimum atomic E-state index is -3.80. The fourth-order valence-corrected chi connectivity index (χ4v) is 3.41. The Bertz CT molecular complexity index is 712. The molecule has 0 radical (unpaired) electrons. The molecule has 1 atom stereocenters. The number of phosphoric ester groups is 1.